The maximum absolute atomic E-state index is 11.9. The molecule has 0 radical (unpaired) electrons. The Kier molecular flexibility index (Phi) is 4.50. The van der Waals surface area contributed by atoms with Crippen LogP contribution in [-0.2, 0) is 6.54 Å². The largest absolute Gasteiger partial charge is 0.454 e. The van der Waals surface area contributed by atoms with Crippen molar-refractivity contribution in [3.05, 3.63) is 36.4 Å². The minimum absolute atomic E-state index is 0.0777. The first-order valence-electron chi connectivity index (χ1n) is 9.37. The molecule has 4 N–H and O–H groups in total. The number of nitrogens with zero attached hydrogens (tertiary/aromatic N) is 1. The van der Waals surface area contributed by atoms with Crippen LogP contribution in [0, 0.1) is 0 Å². The maximum Gasteiger partial charge on any atom is 0.319 e. The van der Waals surface area contributed by atoms with Crippen molar-refractivity contribution in [1.82, 2.24) is 9.88 Å². The second kappa shape index (κ2) is 6.99. The van der Waals surface area contributed by atoms with Crippen LogP contribution in [-0.4, -0.2) is 23.4 Å². The third-order valence-corrected chi connectivity index (χ3v) is 4.75. The molecule has 0 spiro atoms. The van der Waals surface area contributed by atoms with E-state index in [-0.39, 0.29) is 18.9 Å². The molecule has 2 aromatic carbocycles. The van der Waals surface area contributed by atoms with E-state index in [2.05, 4.69) is 22.1 Å². The van der Waals surface area contributed by atoms with Gasteiger partial charge in [-0.15, -0.1) is 0 Å². The molecule has 2 amide bonds. The van der Waals surface area contributed by atoms with Crippen molar-refractivity contribution in [1.29, 1.82) is 0 Å². The molecule has 7 nitrogen and oxygen atoms in total. The summed E-state index contributed by atoms with van der Waals surface area (Å²) in [6.45, 7) is 6.92. The molecule has 0 unspecified atom stereocenters. The minimum atomic E-state index is -0.223. The zero-order valence-corrected chi connectivity index (χ0v) is 16.2. The van der Waals surface area contributed by atoms with Gasteiger partial charge >= 0.3 is 6.03 Å². The van der Waals surface area contributed by atoms with Crippen LogP contribution in [0.15, 0.2) is 36.4 Å². The van der Waals surface area contributed by atoms with E-state index in [1.165, 1.54) is 0 Å². The second-order valence-corrected chi connectivity index (χ2v) is 7.06. The Morgan fingerprint density at radius 2 is 1.86 bits per heavy atom. The predicted molar refractivity (Wildman–Crippen MR) is 111 cm³/mol. The number of ether oxygens (including phenoxy) is 2. The molecule has 28 heavy (non-hydrogen) atoms. The Morgan fingerprint density at radius 1 is 1.18 bits per heavy atom. The number of carbonyl (C=O) groups is 1. The topological polar surface area (TPSA) is 90.5 Å². The number of urea groups is 1. The minimum Gasteiger partial charge on any atom is -0.454 e. The molecule has 0 saturated heterocycles. The molecule has 0 aliphatic carbocycles. The summed E-state index contributed by atoms with van der Waals surface area (Å²) in [7, 11) is 0. The smallest absolute Gasteiger partial charge is 0.319 e. The van der Waals surface area contributed by atoms with E-state index in [9.17, 15) is 4.79 Å². The van der Waals surface area contributed by atoms with E-state index in [1.54, 1.807) is 0 Å². The fourth-order valence-electron chi connectivity index (χ4n) is 3.54. The molecular formula is C21H24N4O3. The van der Waals surface area contributed by atoms with Crippen LogP contribution in [0.3, 0.4) is 0 Å². The summed E-state index contributed by atoms with van der Waals surface area (Å²) in [5, 5.41) is 6.58. The van der Waals surface area contributed by atoms with Crippen LogP contribution < -0.4 is 25.8 Å². The number of anilines is 2. The fourth-order valence-corrected chi connectivity index (χ4v) is 3.54. The molecule has 0 atom stereocenters. The number of rotatable bonds is 4. The Bertz CT molecular complexity index is 1040. The number of nitrogens with one attached hydrogen (secondary N) is 2. The lowest BCUT2D eigenvalue weighted by molar-refractivity contribution is 0.174. The number of nitrogens with two attached hydrogens (primary N) is 1. The highest BCUT2D eigenvalue weighted by Crippen LogP contribution is 2.43. The van der Waals surface area contributed by atoms with Gasteiger partial charge in [0, 0.05) is 35.3 Å². The Morgan fingerprint density at radius 3 is 2.50 bits per heavy atom. The summed E-state index contributed by atoms with van der Waals surface area (Å²) in [6.07, 6.45) is 0. The van der Waals surface area contributed by atoms with Crippen molar-refractivity contribution in [3.8, 4) is 22.8 Å². The normalized spacial score (nSPS) is 12.6. The first-order valence-corrected chi connectivity index (χ1v) is 9.37. The van der Waals surface area contributed by atoms with Gasteiger partial charge in [0.05, 0.1) is 16.9 Å². The number of benzene rings is 2. The zero-order chi connectivity index (χ0) is 19.8. The molecule has 0 fully saturated rings. The predicted octanol–water partition coefficient (Wildman–Crippen LogP) is 4.17. The van der Waals surface area contributed by atoms with E-state index in [1.807, 2.05) is 50.2 Å². The number of amides is 2. The number of aromatic nitrogens is 1. The molecule has 1 aromatic heterocycles. The summed E-state index contributed by atoms with van der Waals surface area (Å²) in [5.74, 6) is 1.46. The van der Waals surface area contributed by atoms with Crippen molar-refractivity contribution in [2.75, 3.05) is 17.8 Å². The molecule has 0 bridgehead atoms. The fraction of sp³-hybridized carbons (Fsp3) is 0.286. The number of aryl methyl sites for hydroxylation is 1. The average molecular weight is 380 g/mol. The van der Waals surface area contributed by atoms with Gasteiger partial charge in [0.25, 0.3) is 0 Å². The van der Waals surface area contributed by atoms with Gasteiger partial charge in [0.15, 0.2) is 11.5 Å². The van der Waals surface area contributed by atoms with Crippen molar-refractivity contribution >= 4 is 28.3 Å². The summed E-state index contributed by atoms with van der Waals surface area (Å²) in [5.41, 5.74) is 10.9. The number of hydrogen-bond acceptors (Lipinski definition) is 4. The summed E-state index contributed by atoms with van der Waals surface area (Å²) < 4.78 is 13.2. The zero-order valence-electron chi connectivity index (χ0n) is 16.2. The van der Waals surface area contributed by atoms with Crippen LogP contribution in [0.5, 0.6) is 11.5 Å². The summed E-state index contributed by atoms with van der Waals surface area (Å²) in [4.78, 5) is 11.9. The Hall–Kier alpha value is -3.35. The van der Waals surface area contributed by atoms with Crippen molar-refractivity contribution in [2.45, 2.75) is 33.4 Å². The van der Waals surface area contributed by atoms with Gasteiger partial charge < -0.3 is 30.4 Å². The highest BCUT2D eigenvalue weighted by atomic mass is 16.7. The highest BCUT2D eigenvalue weighted by molar-refractivity contribution is 6.02. The Labute approximate surface area is 163 Å². The highest BCUT2D eigenvalue weighted by Gasteiger charge is 2.21. The first-order chi connectivity index (χ1) is 13.5. The van der Waals surface area contributed by atoms with E-state index >= 15 is 0 Å². The van der Waals surface area contributed by atoms with E-state index < -0.39 is 0 Å². The average Bonchev–Trinajstić information content (AvgIpc) is 3.22. The quantitative estimate of drug-likeness (QED) is 0.634. The van der Waals surface area contributed by atoms with Crippen LogP contribution in [0.4, 0.5) is 16.2 Å². The summed E-state index contributed by atoms with van der Waals surface area (Å²) >= 11 is 0. The molecule has 1 aliphatic rings. The number of nitrogen functional groups attached to an aromatic ring is 1. The van der Waals surface area contributed by atoms with Crippen molar-refractivity contribution < 1.29 is 14.3 Å². The molecule has 146 valence electrons. The molecule has 2 heterocycles. The molecule has 0 saturated carbocycles. The first kappa shape index (κ1) is 18.0. The van der Waals surface area contributed by atoms with E-state index in [4.69, 9.17) is 15.2 Å². The lowest BCUT2D eigenvalue weighted by Crippen LogP contribution is -2.34. The molecule has 7 heteroatoms. The van der Waals surface area contributed by atoms with Gasteiger partial charge in [0.1, 0.15) is 0 Å². The number of fused-ring (bicyclic) bond motifs is 2. The molecular weight excluding hydrogens is 356 g/mol. The lowest BCUT2D eigenvalue weighted by Gasteiger charge is -2.12. The number of hydrogen-bond donors (Lipinski definition) is 3. The SMILES string of the molecule is CCn1c(-c2ccc(NC(=O)NC(C)C)cc2)c(N)c2cc3c(cc21)OCO3. The van der Waals surface area contributed by atoms with E-state index in [0.29, 0.717) is 5.69 Å². The van der Waals surface area contributed by atoms with Crippen LogP contribution in [0.2, 0.25) is 0 Å². The maximum atomic E-state index is 11.9. The van der Waals surface area contributed by atoms with Gasteiger partial charge in [-0.1, -0.05) is 12.1 Å². The monoisotopic (exact) mass is 380 g/mol. The third kappa shape index (κ3) is 3.09. The third-order valence-electron chi connectivity index (χ3n) is 4.75. The van der Waals surface area contributed by atoms with Crippen LogP contribution in [0.25, 0.3) is 22.2 Å². The standard InChI is InChI=1S/C21H24N4O3/c1-4-25-16-10-18-17(27-11-28-18)9-15(16)19(22)20(25)13-5-7-14(8-6-13)24-21(26)23-12(2)3/h5-10,12H,4,11,22H2,1-3H3,(H2,23,24,26). The molecule has 1 aliphatic heterocycles. The Balaban J connectivity index is 1.71. The van der Waals surface area contributed by atoms with Crippen molar-refractivity contribution in [3.63, 3.8) is 0 Å². The summed E-state index contributed by atoms with van der Waals surface area (Å²) in [6, 6.07) is 11.4. The van der Waals surface area contributed by atoms with Gasteiger partial charge in [-0.3, -0.25) is 0 Å². The van der Waals surface area contributed by atoms with Crippen LogP contribution >= 0.6 is 0 Å². The number of carbonyl (C=O) groups excluding carboxylic acids is 1. The van der Waals surface area contributed by atoms with E-state index in [0.717, 1.165) is 45.9 Å². The second-order valence-electron chi connectivity index (χ2n) is 7.06. The van der Waals surface area contributed by atoms with Crippen LogP contribution in [0.1, 0.15) is 20.8 Å². The lowest BCUT2D eigenvalue weighted by atomic mass is 10.1. The van der Waals surface area contributed by atoms with Crippen molar-refractivity contribution in [2.24, 2.45) is 0 Å². The van der Waals surface area contributed by atoms with Gasteiger partial charge in [-0.2, -0.15) is 0 Å². The molecule has 4 rings (SSSR count). The van der Waals surface area contributed by atoms with Gasteiger partial charge in [-0.25, -0.2) is 4.79 Å². The van der Waals surface area contributed by atoms with Gasteiger partial charge in [-0.05, 0) is 39.0 Å². The van der Waals surface area contributed by atoms with Gasteiger partial charge in [0.2, 0.25) is 6.79 Å². The molecule has 3 aromatic rings.